The van der Waals surface area contributed by atoms with Crippen molar-refractivity contribution in [2.75, 3.05) is 13.6 Å². The van der Waals surface area contributed by atoms with E-state index in [0.29, 0.717) is 18.1 Å². The van der Waals surface area contributed by atoms with Gasteiger partial charge in [0.2, 0.25) is 5.91 Å². The van der Waals surface area contributed by atoms with E-state index in [1.165, 1.54) is 12.1 Å². The molecule has 0 aliphatic rings. The maximum Gasteiger partial charge on any atom is 0.234 e. The van der Waals surface area contributed by atoms with Gasteiger partial charge in [-0.1, -0.05) is 35.9 Å². The first-order valence-corrected chi connectivity index (χ1v) is 7.35. The molecule has 1 N–H and O–H groups in total. The summed E-state index contributed by atoms with van der Waals surface area (Å²) in [6, 6.07) is 13.6. The second-order valence-electron chi connectivity index (χ2n) is 5.20. The Morgan fingerprint density at radius 2 is 1.68 bits per heavy atom. The average Bonchev–Trinajstić information content (AvgIpc) is 2.49. The molecule has 0 aliphatic heterocycles. The molecule has 0 radical (unpaired) electrons. The summed E-state index contributed by atoms with van der Waals surface area (Å²) < 4.78 is 12.8. The predicted octanol–water partition coefficient (Wildman–Crippen LogP) is 3.23. The van der Waals surface area contributed by atoms with Gasteiger partial charge in [0.1, 0.15) is 5.82 Å². The van der Waals surface area contributed by atoms with Crippen molar-refractivity contribution in [3.05, 3.63) is 70.5 Å². The number of hydrogen-bond acceptors (Lipinski definition) is 2. The molecule has 1 amide bonds. The molecule has 0 aromatic heterocycles. The van der Waals surface area contributed by atoms with Crippen LogP contribution in [0, 0.1) is 5.82 Å². The summed E-state index contributed by atoms with van der Waals surface area (Å²) in [6.07, 6.45) is 0. The minimum Gasteiger partial charge on any atom is -0.351 e. The van der Waals surface area contributed by atoms with E-state index in [1.54, 1.807) is 24.3 Å². The first kappa shape index (κ1) is 16.5. The van der Waals surface area contributed by atoms with Gasteiger partial charge >= 0.3 is 0 Å². The van der Waals surface area contributed by atoms with Crippen molar-refractivity contribution >= 4 is 17.5 Å². The van der Waals surface area contributed by atoms with Crippen LogP contribution in [0.3, 0.4) is 0 Å². The third-order valence-corrected chi connectivity index (χ3v) is 3.43. The van der Waals surface area contributed by atoms with E-state index in [0.717, 1.165) is 11.1 Å². The number of nitrogens with one attached hydrogen (secondary N) is 1. The zero-order valence-corrected chi connectivity index (χ0v) is 13.1. The Kier molecular flexibility index (Phi) is 5.92. The highest BCUT2D eigenvalue weighted by atomic mass is 35.5. The van der Waals surface area contributed by atoms with Gasteiger partial charge in [0, 0.05) is 18.1 Å². The number of halogens is 2. The maximum absolute atomic E-state index is 12.8. The highest BCUT2D eigenvalue weighted by Gasteiger charge is 2.07. The maximum atomic E-state index is 12.8. The van der Waals surface area contributed by atoms with E-state index >= 15 is 0 Å². The lowest BCUT2D eigenvalue weighted by Gasteiger charge is -2.16. The fraction of sp³-hybridized carbons (Fsp3) is 0.235. The molecule has 0 heterocycles. The second kappa shape index (κ2) is 7.92. The van der Waals surface area contributed by atoms with Gasteiger partial charge in [0.15, 0.2) is 0 Å². The summed E-state index contributed by atoms with van der Waals surface area (Å²) in [5, 5.41) is 3.54. The number of amides is 1. The number of benzene rings is 2. The standard InChI is InChI=1S/C17H18ClFN2O/c1-21(11-14-4-8-16(19)9-5-14)12-17(22)20-10-13-2-6-15(18)7-3-13/h2-9H,10-12H2,1H3,(H,20,22). The van der Waals surface area contributed by atoms with Gasteiger partial charge in [0.05, 0.1) is 6.54 Å². The number of hydrogen-bond donors (Lipinski definition) is 1. The van der Waals surface area contributed by atoms with Crippen molar-refractivity contribution in [1.29, 1.82) is 0 Å². The van der Waals surface area contributed by atoms with Gasteiger partial charge in [-0.25, -0.2) is 4.39 Å². The van der Waals surface area contributed by atoms with Crippen LogP contribution >= 0.6 is 11.6 Å². The second-order valence-corrected chi connectivity index (χ2v) is 5.64. The van der Waals surface area contributed by atoms with Crippen molar-refractivity contribution in [2.45, 2.75) is 13.1 Å². The molecular weight excluding hydrogens is 303 g/mol. The fourth-order valence-electron chi connectivity index (χ4n) is 2.06. The molecule has 2 aromatic carbocycles. The summed E-state index contributed by atoms with van der Waals surface area (Å²) in [5.74, 6) is -0.313. The predicted molar refractivity (Wildman–Crippen MR) is 86.0 cm³/mol. The molecule has 22 heavy (non-hydrogen) atoms. The van der Waals surface area contributed by atoms with Crippen LogP contribution in [-0.2, 0) is 17.9 Å². The van der Waals surface area contributed by atoms with Crippen molar-refractivity contribution < 1.29 is 9.18 Å². The van der Waals surface area contributed by atoms with Gasteiger partial charge in [-0.2, -0.15) is 0 Å². The Morgan fingerprint density at radius 3 is 2.32 bits per heavy atom. The Labute approximate surface area is 134 Å². The lowest BCUT2D eigenvalue weighted by atomic mass is 10.2. The molecule has 3 nitrogen and oxygen atoms in total. The minimum atomic E-state index is -0.257. The van der Waals surface area contributed by atoms with E-state index in [2.05, 4.69) is 5.32 Å². The zero-order chi connectivity index (χ0) is 15.9. The molecular formula is C17H18ClFN2O. The van der Waals surface area contributed by atoms with Crippen molar-refractivity contribution in [3.63, 3.8) is 0 Å². The molecule has 0 atom stereocenters. The summed E-state index contributed by atoms with van der Waals surface area (Å²) in [4.78, 5) is 13.8. The quantitative estimate of drug-likeness (QED) is 0.886. The van der Waals surface area contributed by atoms with Crippen LogP contribution < -0.4 is 5.32 Å². The van der Waals surface area contributed by atoms with Crippen LogP contribution in [0.25, 0.3) is 0 Å². The van der Waals surface area contributed by atoms with Gasteiger partial charge < -0.3 is 5.32 Å². The Hall–Kier alpha value is -1.91. The lowest BCUT2D eigenvalue weighted by Crippen LogP contribution is -2.34. The molecule has 5 heteroatoms. The first-order chi connectivity index (χ1) is 10.5. The molecule has 2 aromatic rings. The number of likely N-dealkylation sites (N-methyl/N-ethyl adjacent to an activating group) is 1. The van der Waals surface area contributed by atoms with Crippen LogP contribution in [-0.4, -0.2) is 24.4 Å². The topological polar surface area (TPSA) is 32.3 Å². The Balaban J connectivity index is 1.76. The third kappa shape index (κ3) is 5.47. The molecule has 0 aliphatic carbocycles. The fourth-order valence-corrected chi connectivity index (χ4v) is 2.19. The van der Waals surface area contributed by atoms with Crippen molar-refractivity contribution in [1.82, 2.24) is 10.2 Å². The molecule has 0 unspecified atom stereocenters. The molecule has 0 bridgehead atoms. The summed E-state index contributed by atoms with van der Waals surface area (Å²) in [6.45, 7) is 1.35. The molecule has 116 valence electrons. The van der Waals surface area contributed by atoms with Gasteiger partial charge in [-0.15, -0.1) is 0 Å². The summed E-state index contributed by atoms with van der Waals surface area (Å²) >= 11 is 5.81. The van der Waals surface area contributed by atoms with Crippen LogP contribution in [0.2, 0.25) is 5.02 Å². The first-order valence-electron chi connectivity index (χ1n) is 6.97. The monoisotopic (exact) mass is 320 g/mol. The van der Waals surface area contributed by atoms with E-state index in [4.69, 9.17) is 11.6 Å². The highest BCUT2D eigenvalue weighted by Crippen LogP contribution is 2.09. The molecule has 2 rings (SSSR count). The van der Waals surface area contributed by atoms with Crippen LogP contribution in [0.1, 0.15) is 11.1 Å². The minimum absolute atomic E-state index is 0.0560. The zero-order valence-electron chi connectivity index (χ0n) is 12.4. The number of carbonyl (C=O) groups excluding carboxylic acids is 1. The Bertz CT molecular complexity index is 614. The van der Waals surface area contributed by atoms with Crippen molar-refractivity contribution in [2.24, 2.45) is 0 Å². The van der Waals surface area contributed by atoms with Crippen LogP contribution in [0.4, 0.5) is 4.39 Å². The largest absolute Gasteiger partial charge is 0.351 e. The molecule has 0 saturated heterocycles. The SMILES string of the molecule is CN(CC(=O)NCc1ccc(Cl)cc1)Cc1ccc(F)cc1. The number of nitrogens with zero attached hydrogens (tertiary/aromatic N) is 1. The number of rotatable bonds is 6. The van der Waals surface area contributed by atoms with Crippen molar-refractivity contribution in [3.8, 4) is 0 Å². The van der Waals surface area contributed by atoms with E-state index in [-0.39, 0.29) is 18.3 Å². The third-order valence-electron chi connectivity index (χ3n) is 3.18. The summed E-state index contributed by atoms with van der Waals surface area (Å²) in [7, 11) is 1.85. The molecule has 0 saturated carbocycles. The van der Waals surface area contributed by atoms with Gasteiger partial charge in [0.25, 0.3) is 0 Å². The van der Waals surface area contributed by atoms with Crippen LogP contribution in [0.5, 0.6) is 0 Å². The van der Waals surface area contributed by atoms with Gasteiger partial charge in [-0.3, -0.25) is 9.69 Å². The Morgan fingerprint density at radius 1 is 1.09 bits per heavy atom. The molecule has 0 fully saturated rings. The molecule has 0 spiro atoms. The van der Waals surface area contributed by atoms with Gasteiger partial charge in [-0.05, 0) is 42.4 Å². The normalized spacial score (nSPS) is 10.7. The van der Waals surface area contributed by atoms with Crippen LogP contribution in [0.15, 0.2) is 48.5 Å². The van der Waals surface area contributed by atoms with E-state index in [1.807, 2.05) is 24.1 Å². The van der Waals surface area contributed by atoms with E-state index < -0.39 is 0 Å². The smallest absolute Gasteiger partial charge is 0.234 e. The average molecular weight is 321 g/mol. The van der Waals surface area contributed by atoms with E-state index in [9.17, 15) is 9.18 Å². The highest BCUT2D eigenvalue weighted by molar-refractivity contribution is 6.30. The lowest BCUT2D eigenvalue weighted by molar-refractivity contribution is -0.122. The summed E-state index contributed by atoms with van der Waals surface area (Å²) in [5.41, 5.74) is 1.97. The number of carbonyl (C=O) groups is 1.